The fourth-order valence-corrected chi connectivity index (χ4v) is 4.89. The number of hydrogen-bond donors (Lipinski definition) is 0. The van der Waals surface area contributed by atoms with E-state index in [4.69, 9.17) is 4.74 Å². The number of hydrogen-bond acceptors (Lipinski definition) is 3. The lowest BCUT2D eigenvalue weighted by atomic mass is 9.77. The number of alkyl halides is 1. The van der Waals surface area contributed by atoms with E-state index in [1.807, 2.05) is 0 Å². The van der Waals surface area contributed by atoms with Crippen LogP contribution in [0, 0.1) is 5.41 Å². The molecule has 0 unspecified atom stereocenters. The first-order chi connectivity index (χ1) is 12.1. The number of carbonyl (C=O) groups is 1. The number of carbonyl (C=O) groups excluding carboxylic acids is 1. The predicted octanol–water partition coefficient (Wildman–Crippen LogP) is 3.97. The van der Waals surface area contributed by atoms with Crippen LogP contribution in [0.5, 0.6) is 0 Å². The summed E-state index contributed by atoms with van der Waals surface area (Å²) in [7, 11) is 1.45. The van der Waals surface area contributed by atoms with Crippen LogP contribution in [0.1, 0.15) is 32.6 Å². The quantitative estimate of drug-likeness (QED) is 0.575. The molecule has 2 aromatic rings. The molecule has 0 amide bonds. The summed E-state index contributed by atoms with van der Waals surface area (Å²) < 4.78 is 4.95. The van der Waals surface area contributed by atoms with Crippen LogP contribution in [-0.4, -0.2) is 31.1 Å². The smallest absolute Gasteiger partial charge is 0.338 e. The van der Waals surface area contributed by atoms with E-state index in [1.165, 1.54) is 23.8 Å². The summed E-state index contributed by atoms with van der Waals surface area (Å²) in [4.78, 5) is 14.6. The number of methoxy groups -OCH3 is 1. The number of fused-ring (bicyclic) bond motifs is 1. The van der Waals surface area contributed by atoms with Crippen molar-refractivity contribution in [3.8, 4) is 0 Å². The van der Waals surface area contributed by atoms with Crippen LogP contribution < -0.4 is 0 Å². The van der Waals surface area contributed by atoms with E-state index < -0.39 is 0 Å². The van der Waals surface area contributed by atoms with Crippen LogP contribution in [0.3, 0.4) is 0 Å². The fourth-order valence-electron chi connectivity index (χ4n) is 4.43. The average Bonchev–Trinajstić information content (AvgIpc) is 2.98. The second kappa shape index (κ2) is 6.58. The Kier molecular flexibility index (Phi) is 4.42. The third kappa shape index (κ3) is 3.13. The lowest BCUT2D eigenvalue weighted by Crippen LogP contribution is -2.56. The second-order valence-electron chi connectivity index (χ2n) is 7.39. The maximum Gasteiger partial charge on any atom is 0.338 e. The molecule has 3 nitrogen and oxygen atoms in total. The SMILES string of the molecule is COC(=O)c1cc2c(cc1CBr)CC1(C2)CN(Cc2ccccc2)C1. The van der Waals surface area contributed by atoms with Gasteiger partial charge >= 0.3 is 5.97 Å². The van der Waals surface area contributed by atoms with E-state index in [0.717, 1.165) is 38.0 Å². The number of esters is 1. The highest BCUT2D eigenvalue weighted by molar-refractivity contribution is 9.08. The zero-order chi connectivity index (χ0) is 17.4. The minimum atomic E-state index is -0.238. The van der Waals surface area contributed by atoms with Gasteiger partial charge in [0.1, 0.15) is 0 Å². The molecule has 1 spiro atoms. The van der Waals surface area contributed by atoms with Crippen molar-refractivity contribution in [1.82, 2.24) is 4.90 Å². The molecule has 130 valence electrons. The lowest BCUT2D eigenvalue weighted by molar-refractivity contribution is 0.00242. The van der Waals surface area contributed by atoms with Crippen LogP contribution in [0.25, 0.3) is 0 Å². The van der Waals surface area contributed by atoms with Crippen LogP contribution >= 0.6 is 15.9 Å². The van der Waals surface area contributed by atoms with Gasteiger partial charge in [-0.25, -0.2) is 4.79 Å². The van der Waals surface area contributed by atoms with Gasteiger partial charge in [0, 0.05) is 30.4 Å². The van der Waals surface area contributed by atoms with Crippen molar-refractivity contribution in [2.24, 2.45) is 5.41 Å². The largest absolute Gasteiger partial charge is 0.465 e. The highest BCUT2D eigenvalue weighted by atomic mass is 79.9. The molecule has 25 heavy (non-hydrogen) atoms. The molecule has 0 radical (unpaired) electrons. The van der Waals surface area contributed by atoms with E-state index in [1.54, 1.807) is 0 Å². The number of ether oxygens (including phenoxy) is 1. The van der Waals surface area contributed by atoms with Gasteiger partial charge in [-0.15, -0.1) is 0 Å². The molecule has 2 aliphatic rings. The minimum absolute atomic E-state index is 0.238. The van der Waals surface area contributed by atoms with Crippen molar-refractivity contribution in [2.75, 3.05) is 20.2 Å². The lowest BCUT2D eigenvalue weighted by Gasteiger charge is -2.48. The van der Waals surface area contributed by atoms with Crippen LogP contribution in [0.15, 0.2) is 42.5 Å². The van der Waals surface area contributed by atoms with Gasteiger partial charge in [0.15, 0.2) is 0 Å². The summed E-state index contributed by atoms with van der Waals surface area (Å²) in [6.45, 7) is 3.29. The van der Waals surface area contributed by atoms with Crippen LogP contribution in [0.2, 0.25) is 0 Å². The number of likely N-dealkylation sites (tertiary alicyclic amines) is 1. The Balaban J connectivity index is 1.48. The molecule has 0 N–H and O–H groups in total. The summed E-state index contributed by atoms with van der Waals surface area (Å²) in [5.41, 5.74) is 6.20. The topological polar surface area (TPSA) is 29.5 Å². The maximum absolute atomic E-state index is 12.0. The van der Waals surface area contributed by atoms with E-state index in [2.05, 4.69) is 63.3 Å². The first-order valence-corrected chi connectivity index (χ1v) is 9.80. The van der Waals surface area contributed by atoms with Crippen molar-refractivity contribution in [3.05, 3.63) is 70.3 Å². The summed E-state index contributed by atoms with van der Waals surface area (Å²) in [5.74, 6) is -0.238. The molecule has 1 aliphatic heterocycles. The minimum Gasteiger partial charge on any atom is -0.465 e. The molecule has 1 aliphatic carbocycles. The third-order valence-electron chi connectivity index (χ3n) is 5.47. The van der Waals surface area contributed by atoms with Gasteiger partial charge < -0.3 is 4.74 Å². The molecule has 0 saturated carbocycles. The maximum atomic E-state index is 12.0. The van der Waals surface area contributed by atoms with Crippen molar-refractivity contribution in [3.63, 3.8) is 0 Å². The number of rotatable bonds is 4. The molecule has 1 fully saturated rings. The Labute approximate surface area is 157 Å². The van der Waals surface area contributed by atoms with Gasteiger partial charge in [-0.1, -0.05) is 52.3 Å². The first kappa shape index (κ1) is 16.8. The monoisotopic (exact) mass is 399 g/mol. The van der Waals surface area contributed by atoms with E-state index in [0.29, 0.717) is 16.3 Å². The molecule has 4 rings (SSSR count). The number of halogens is 1. The normalized spacial score (nSPS) is 18.0. The first-order valence-electron chi connectivity index (χ1n) is 8.68. The van der Waals surface area contributed by atoms with Gasteiger partial charge in [0.25, 0.3) is 0 Å². The molecular formula is C21H22BrNO2. The predicted molar refractivity (Wildman–Crippen MR) is 102 cm³/mol. The second-order valence-corrected chi connectivity index (χ2v) is 7.95. The van der Waals surface area contributed by atoms with Crippen molar-refractivity contribution in [1.29, 1.82) is 0 Å². The third-order valence-corrected chi connectivity index (χ3v) is 6.08. The van der Waals surface area contributed by atoms with E-state index >= 15 is 0 Å². The van der Waals surface area contributed by atoms with Crippen LogP contribution in [0.4, 0.5) is 0 Å². The Bertz CT molecular complexity index is 797. The van der Waals surface area contributed by atoms with Crippen LogP contribution in [-0.2, 0) is 29.5 Å². The summed E-state index contributed by atoms with van der Waals surface area (Å²) in [5, 5.41) is 0.678. The Morgan fingerprint density at radius 3 is 2.48 bits per heavy atom. The van der Waals surface area contributed by atoms with E-state index in [9.17, 15) is 4.79 Å². The van der Waals surface area contributed by atoms with Gasteiger partial charge in [-0.2, -0.15) is 0 Å². The van der Waals surface area contributed by atoms with Crippen molar-refractivity contribution < 1.29 is 9.53 Å². The average molecular weight is 400 g/mol. The standard InChI is InChI=1S/C21H22BrNO2/c1-25-20(24)19-8-17-10-21(9-16(17)7-18(19)11-22)13-23(14-21)12-15-5-3-2-4-6-15/h2-8H,9-14H2,1H3. The molecule has 4 heteroatoms. The van der Waals surface area contributed by atoms with E-state index in [-0.39, 0.29) is 5.97 Å². The molecule has 0 bridgehead atoms. The number of nitrogens with zero attached hydrogens (tertiary/aromatic N) is 1. The molecule has 0 aromatic heterocycles. The highest BCUT2D eigenvalue weighted by Gasteiger charge is 2.46. The number of benzene rings is 2. The highest BCUT2D eigenvalue weighted by Crippen LogP contribution is 2.45. The summed E-state index contributed by atoms with van der Waals surface area (Å²) >= 11 is 3.50. The molecule has 0 atom stereocenters. The zero-order valence-electron chi connectivity index (χ0n) is 14.4. The fraction of sp³-hybridized carbons (Fsp3) is 0.381. The van der Waals surface area contributed by atoms with Gasteiger partial charge in [0.05, 0.1) is 12.7 Å². The summed E-state index contributed by atoms with van der Waals surface area (Å²) in [6.07, 6.45) is 2.19. The van der Waals surface area contributed by atoms with Crippen molar-refractivity contribution >= 4 is 21.9 Å². The summed E-state index contributed by atoms with van der Waals surface area (Å²) in [6, 6.07) is 14.9. The molecule has 1 heterocycles. The molecular weight excluding hydrogens is 378 g/mol. The van der Waals surface area contributed by atoms with Gasteiger partial charge in [0.2, 0.25) is 0 Å². The Morgan fingerprint density at radius 2 is 1.84 bits per heavy atom. The van der Waals surface area contributed by atoms with Gasteiger partial charge in [-0.3, -0.25) is 4.90 Å². The van der Waals surface area contributed by atoms with Gasteiger partial charge in [-0.05, 0) is 41.2 Å². The zero-order valence-corrected chi connectivity index (χ0v) is 16.0. The molecule has 2 aromatic carbocycles. The Morgan fingerprint density at radius 1 is 1.16 bits per heavy atom. The Hall–Kier alpha value is -1.65. The van der Waals surface area contributed by atoms with Crippen molar-refractivity contribution in [2.45, 2.75) is 24.7 Å². The molecule has 1 saturated heterocycles.